The van der Waals surface area contributed by atoms with Gasteiger partial charge in [0.1, 0.15) is 0 Å². The maximum absolute atomic E-state index is 11.8. The number of hydrogen-bond donors (Lipinski definition) is 2. The highest BCUT2D eigenvalue weighted by Gasteiger charge is 2.09. The molecule has 0 atom stereocenters. The number of nitrogens with two attached hydrogens (primary N) is 1. The minimum Gasteiger partial charge on any atom is -0.288 e. The maximum Gasteiger partial charge on any atom is 0.387 e. The Morgan fingerprint density at radius 2 is 1.90 bits per heavy atom. The van der Waals surface area contributed by atoms with Crippen molar-refractivity contribution in [3.8, 4) is 0 Å². The van der Waals surface area contributed by atoms with Gasteiger partial charge in [-0.15, -0.1) is 0 Å². The van der Waals surface area contributed by atoms with Gasteiger partial charge in [0.15, 0.2) is 0 Å². The Hall–Kier alpha value is -2.62. The molecule has 20 heavy (non-hydrogen) atoms. The topological polar surface area (TPSA) is 66.3 Å². The van der Waals surface area contributed by atoms with E-state index < -0.39 is 5.97 Å². The normalized spacial score (nSPS) is 11.2. The minimum atomic E-state index is -0.454. The fraction of sp³-hybridized carbons (Fsp3) is 0.125. The Morgan fingerprint density at radius 1 is 1.15 bits per heavy atom. The van der Waals surface area contributed by atoms with E-state index in [2.05, 4.69) is 5.16 Å². The number of aryl methyl sites for hydroxylation is 1. The first kappa shape index (κ1) is 13.8. The molecule has 2 rings (SSSR count). The lowest BCUT2D eigenvalue weighted by Gasteiger charge is -1.99. The Bertz CT molecular complexity index is 621. The molecule has 4 nitrogen and oxygen atoms in total. The van der Waals surface area contributed by atoms with Gasteiger partial charge >= 0.3 is 5.97 Å². The van der Waals surface area contributed by atoms with Crippen molar-refractivity contribution in [2.75, 3.05) is 0 Å². The van der Waals surface area contributed by atoms with Crippen molar-refractivity contribution in [1.82, 2.24) is 0 Å². The van der Waals surface area contributed by atoms with Crippen LogP contribution in [0.5, 0.6) is 0 Å². The predicted octanol–water partition coefficient (Wildman–Crippen LogP) is 0.747. The number of hydrogen-bond acceptors (Lipinski definition) is 2. The number of benzene rings is 2. The van der Waals surface area contributed by atoms with Crippen LogP contribution >= 0.6 is 0 Å². The second kappa shape index (κ2) is 6.52. The maximum atomic E-state index is 11.8. The third kappa shape index (κ3) is 3.95. The molecule has 0 saturated carbocycles. The summed E-state index contributed by atoms with van der Waals surface area (Å²) in [7, 11) is 0. The first-order valence-corrected chi connectivity index (χ1v) is 6.34. The fourth-order valence-electron chi connectivity index (χ4n) is 1.79. The van der Waals surface area contributed by atoms with E-state index in [1.54, 1.807) is 12.1 Å². The van der Waals surface area contributed by atoms with Crippen molar-refractivity contribution < 1.29 is 14.8 Å². The van der Waals surface area contributed by atoms with Crippen LogP contribution in [0.2, 0.25) is 0 Å². The first-order chi connectivity index (χ1) is 9.65. The van der Waals surface area contributed by atoms with E-state index >= 15 is 0 Å². The molecule has 0 unspecified atom stereocenters. The predicted molar refractivity (Wildman–Crippen MR) is 76.9 cm³/mol. The summed E-state index contributed by atoms with van der Waals surface area (Å²) in [6.45, 7) is 1.92. The van der Waals surface area contributed by atoms with Crippen molar-refractivity contribution in [2.24, 2.45) is 5.73 Å². The highest BCUT2D eigenvalue weighted by Crippen LogP contribution is 2.04. The summed E-state index contributed by atoms with van der Waals surface area (Å²) in [5.41, 5.74) is 8.33. The molecule has 0 saturated heterocycles. The van der Waals surface area contributed by atoms with Gasteiger partial charge < -0.3 is 0 Å². The fourth-order valence-corrected chi connectivity index (χ4v) is 1.79. The lowest BCUT2D eigenvalue weighted by Crippen LogP contribution is -2.75. The zero-order chi connectivity index (χ0) is 14.4. The summed E-state index contributed by atoms with van der Waals surface area (Å²) < 4.78 is 0. The van der Waals surface area contributed by atoms with Crippen LogP contribution in [0.4, 0.5) is 0 Å². The van der Waals surface area contributed by atoms with Gasteiger partial charge in [-0.3, -0.25) is 10.6 Å². The van der Waals surface area contributed by atoms with E-state index in [0.717, 1.165) is 11.1 Å². The van der Waals surface area contributed by atoms with Crippen LogP contribution in [0.25, 0.3) is 0 Å². The molecule has 102 valence electrons. The third-order valence-electron chi connectivity index (χ3n) is 2.77. The van der Waals surface area contributed by atoms with Gasteiger partial charge in [0, 0.05) is 0 Å². The molecule has 0 aliphatic rings. The second-order valence-corrected chi connectivity index (χ2v) is 4.55. The SMILES string of the molecule is Cc1cccc(C(=O)O[NH+]=C(N)Cc2ccccc2)c1. The van der Waals surface area contributed by atoms with Crippen molar-refractivity contribution in [2.45, 2.75) is 13.3 Å². The van der Waals surface area contributed by atoms with E-state index in [4.69, 9.17) is 10.6 Å². The summed E-state index contributed by atoms with van der Waals surface area (Å²) in [6.07, 6.45) is 0.502. The largest absolute Gasteiger partial charge is 0.387 e. The smallest absolute Gasteiger partial charge is 0.288 e. The van der Waals surface area contributed by atoms with E-state index in [9.17, 15) is 4.79 Å². The van der Waals surface area contributed by atoms with Gasteiger partial charge in [0.05, 0.1) is 12.0 Å². The highest BCUT2D eigenvalue weighted by molar-refractivity contribution is 5.89. The second-order valence-electron chi connectivity index (χ2n) is 4.55. The number of carbonyl (C=O) groups excluding carboxylic acids is 1. The van der Waals surface area contributed by atoms with Crippen LogP contribution in [0.1, 0.15) is 21.5 Å². The van der Waals surface area contributed by atoms with Crippen LogP contribution in [0.15, 0.2) is 54.6 Å². The van der Waals surface area contributed by atoms with E-state index in [-0.39, 0.29) is 0 Å². The Balaban J connectivity index is 1.96. The van der Waals surface area contributed by atoms with Crippen LogP contribution in [-0.4, -0.2) is 11.8 Å². The molecule has 0 amide bonds. The zero-order valence-electron chi connectivity index (χ0n) is 11.3. The van der Waals surface area contributed by atoms with Crippen LogP contribution in [0.3, 0.4) is 0 Å². The molecule has 0 aliphatic heterocycles. The molecular formula is C16H17N2O2+. The van der Waals surface area contributed by atoms with E-state index in [0.29, 0.717) is 17.8 Å². The zero-order valence-corrected chi connectivity index (χ0v) is 11.3. The summed E-state index contributed by atoms with van der Waals surface area (Å²) in [4.78, 5) is 16.8. The molecule has 0 spiro atoms. The number of carbonyl (C=O) groups is 1. The van der Waals surface area contributed by atoms with Gasteiger partial charge in [-0.1, -0.05) is 53.2 Å². The van der Waals surface area contributed by atoms with Crippen LogP contribution < -0.4 is 10.9 Å². The molecule has 0 aromatic heterocycles. The Kier molecular flexibility index (Phi) is 4.50. The molecule has 0 aliphatic carbocycles. The molecule has 0 radical (unpaired) electrons. The lowest BCUT2D eigenvalue weighted by atomic mass is 10.1. The van der Waals surface area contributed by atoms with Gasteiger partial charge in [-0.05, 0) is 24.6 Å². The standard InChI is InChI=1S/C16H16N2O2/c1-12-6-5-9-14(10-12)16(19)20-18-15(17)11-13-7-3-2-4-8-13/h2-10H,11H2,1H3,(H2,17,18)/p+1. The van der Waals surface area contributed by atoms with Gasteiger partial charge in [0.2, 0.25) is 0 Å². The number of rotatable bonds is 4. The summed E-state index contributed by atoms with van der Waals surface area (Å²) in [5.74, 6) is -0.0677. The highest BCUT2D eigenvalue weighted by atomic mass is 16.7. The van der Waals surface area contributed by atoms with E-state index in [1.807, 2.05) is 49.4 Å². The molecular weight excluding hydrogens is 252 g/mol. The lowest BCUT2D eigenvalue weighted by molar-refractivity contribution is -0.722. The quantitative estimate of drug-likeness (QED) is 0.372. The Labute approximate surface area is 117 Å². The van der Waals surface area contributed by atoms with Gasteiger partial charge in [0.25, 0.3) is 5.84 Å². The third-order valence-corrected chi connectivity index (χ3v) is 2.77. The van der Waals surface area contributed by atoms with Crippen molar-refractivity contribution >= 4 is 11.8 Å². The molecule has 3 N–H and O–H groups in total. The Morgan fingerprint density at radius 3 is 2.60 bits per heavy atom. The van der Waals surface area contributed by atoms with Crippen molar-refractivity contribution in [3.63, 3.8) is 0 Å². The van der Waals surface area contributed by atoms with Crippen LogP contribution in [-0.2, 0) is 11.3 Å². The van der Waals surface area contributed by atoms with Crippen molar-refractivity contribution in [1.29, 1.82) is 0 Å². The molecule has 4 heteroatoms. The molecule has 0 bridgehead atoms. The summed E-state index contributed by atoms with van der Waals surface area (Å²) in [6, 6.07) is 16.9. The number of amidine groups is 1. The van der Waals surface area contributed by atoms with Gasteiger partial charge in [-0.2, -0.15) is 0 Å². The molecule has 0 heterocycles. The van der Waals surface area contributed by atoms with E-state index in [1.165, 1.54) is 0 Å². The molecule has 2 aromatic carbocycles. The monoisotopic (exact) mass is 269 g/mol. The number of nitrogens with one attached hydrogen (secondary N) is 1. The first-order valence-electron chi connectivity index (χ1n) is 6.34. The van der Waals surface area contributed by atoms with Gasteiger partial charge in [-0.25, -0.2) is 4.79 Å². The van der Waals surface area contributed by atoms with Crippen molar-refractivity contribution in [3.05, 3.63) is 71.3 Å². The average molecular weight is 269 g/mol. The average Bonchev–Trinajstić information content (AvgIpc) is 2.46. The molecule has 2 aromatic rings. The summed E-state index contributed by atoms with van der Waals surface area (Å²) >= 11 is 0. The summed E-state index contributed by atoms with van der Waals surface area (Å²) in [5, 5.41) is 2.49. The van der Waals surface area contributed by atoms with Crippen LogP contribution in [0, 0.1) is 6.92 Å². The minimum absolute atomic E-state index is 0.386. The molecule has 0 fully saturated rings.